The minimum absolute atomic E-state index is 0.0834. The predicted octanol–water partition coefficient (Wildman–Crippen LogP) is 2.94. The van der Waals surface area contributed by atoms with Gasteiger partial charge in [0.05, 0.1) is 23.0 Å². The Kier molecular flexibility index (Phi) is 3.76. The number of amides is 2. The molecular formula is C19H14FN3O3. The Balaban J connectivity index is 1.69. The van der Waals surface area contributed by atoms with E-state index < -0.39 is 17.6 Å². The first-order valence-electron chi connectivity index (χ1n) is 7.92. The number of ether oxygens (including phenoxy) is 1. The number of hydrogen-bond donors (Lipinski definition) is 0. The number of carbonyl (C=O) groups excluding carboxylic acids is 2. The van der Waals surface area contributed by atoms with Crippen molar-refractivity contribution in [2.24, 2.45) is 7.05 Å². The maximum atomic E-state index is 13.8. The molecule has 0 N–H and O–H groups in total. The molecule has 0 fully saturated rings. The Morgan fingerprint density at radius 2 is 1.77 bits per heavy atom. The second-order valence-corrected chi connectivity index (χ2v) is 5.91. The van der Waals surface area contributed by atoms with Crippen LogP contribution in [0.4, 0.5) is 10.1 Å². The Bertz CT molecular complexity index is 993. The van der Waals surface area contributed by atoms with Crippen LogP contribution in [0.15, 0.2) is 54.9 Å². The van der Waals surface area contributed by atoms with Gasteiger partial charge >= 0.3 is 0 Å². The Hall–Kier alpha value is -3.48. The summed E-state index contributed by atoms with van der Waals surface area (Å²) in [7, 11) is 1.78. The molecule has 2 amide bonds. The summed E-state index contributed by atoms with van der Waals surface area (Å²) in [5, 5.41) is 4.05. The summed E-state index contributed by atoms with van der Waals surface area (Å²) in [6, 6.07) is 10.3. The first kappa shape index (κ1) is 16.0. The van der Waals surface area contributed by atoms with Crippen molar-refractivity contribution in [3.05, 3.63) is 77.4 Å². The van der Waals surface area contributed by atoms with Crippen LogP contribution in [-0.4, -0.2) is 21.6 Å². The molecule has 1 aliphatic rings. The highest BCUT2D eigenvalue weighted by Gasteiger charge is 2.38. The van der Waals surface area contributed by atoms with E-state index in [4.69, 9.17) is 4.74 Å². The van der Waals surface area contributed by atoms with Gasteiger partial charge in [0.2, 0.25) is 0 Å². The summed E-state index contributed by atoms with van der Waals surface area (Å²) >= 11 is 0. The van der Waals surface area contributed by atoms with Crippen molar-refractivity contribution in [1.29, 1.82) is 0 Å². The molecule has 1 aromatic heterocycles. The van der Waals surface area contributed by atoms with Crippen LogP contribution >= 0.6 is 0 Å². The second kappa shape index (κ2) is 6.11. The molecule has 3 aromatic rings. The maximum Gasteiger partial charge on any atom is 0.266 e. The summed E-state index contributed by atoms with van der Waals surface area (Å²) in [6.45, 7) is 0.176. The van der Waals surface area contributed by atoms with Crippen LogP contribution in [0, 0.1) is 5.82 Å². The molecular weight excluding hydrogens is 337 g/mol. The molecule has 26 heavy (non-hydrogen) atoms. The second-order valence-electron chi connectivity index (χ2n) is 5.91. The maximum absolute atomic E-state index is 13.8. The van der Waals surface area contributed by atoms with E-state index in [9.17, 15) is 14.0 Å². The third-order valence-corrected chi connectivity index (χ3v) is 4.11. The van der Waals surface area contributed by atoms with E-state index in [1.165, 1.54) is 12.1 Å². The van der Waals surface area contributed by atoms with Crippen molar-refractivity contribution < 1.29 is 18.7 Å². The zero-order chi connectivity index (χ0) is 18.3. The number of rotatable bonds is 4. The molecule has 130 valence electrons. The average molecular weight is 351 g/mol. The van der Waals surface area contributed by atoms with Gasteiger partial charge in [-0.05, 0) is 24.3 Å². The summed E-state index contributed by atoms with van der Waals surface area (Å²) in [5.41, 5.74) is 1.48. The van der Waals surface area contributed by atoms with Gasteiger partial charge < -0.3 is 4.74 Å². The Morgan fingerprint density at radius 1 is 1.08 bits per heavy atom. The number of fused-ring (bicyclic) bond motifs is 1. The molecule has 7 heteroatoms. The largest absolute Gasteiger partial charge is 0.487 e. The fraction of sp³-hybridized carbons (Fsp3) is 0.105. The van der Waals surface area contributed by atoms with E-state index in [1.54, 1.807) is 48.4 Å². The number of carbonyl (C=O) groups is 2. The number of hydrogen-bond acceptors (Lipinski definition) is 4. The fourth-order valence-corrected chi connectivity index (χ4v) is 2.90. The SMILES string of the molecule is Cn1cc(COc2ccc(F)cc2N2C(=O)c3ccccc3C2=O)cn1. The van der Waals surface area contributed by atoms with Gasteiger partial charge in [0, 0.05) is 24.9 Å². The highest BCUT2D eigenvalue weighted by atomic mass is 19.1. The molecule has 0 aliphatic carbocycles. The fourth-order valence-electron chi connectivity index (χ4n) is 2.90. The van der Waals surface area contributed by atoms with Crippen LogP contribution in [0.25, 0.3) is 0 Å². The molecule has 0 bridgehead atoms. The molecule has 0 saturated heterocycles. The Labute approximate surface area is 148 Å². The highest BCUT2D eigenvalue weighted by molar-refractivity contribution is 6.34. The molecule has 0 atom stereocenters. The van der Waals surface area contributed by atoms with Crippen molar-refractivity contribution in [2.75, 3.05) is 4.90 Å². The van der Waals surface area contributed by atoms with Crippen LogP contribution in [0.2, 0.25) is 0 Å². The standard InChI is InChI=1S/C19H14FN3O3/c1-22-10-12(9-21-22)11-26-17-7-6-13(20)8-16(17)23-18(24)14-4-2-3-5-15(14)19(23)25/h2-10H,11H2,1H3. The number of aryl methyl sites for hydroxylation is 1. The van der Waals surface area contributed by atoms with Crippen LogP contribution in [0.5, 0.6) is 5.75 Å². The zero-order valence-corrected chi connectivity index (χ0v) is 13.8. The normalized spacial score (nSPS) is 13.2. The van der Waals surface area contributed by atoms with Gasteiger partial charge in [0.1, 0.15) is 18.2 Å². The van der Waals surface area contributed by atoms with Crippen molar-refractivity contribution in [3.8, 4) is 5.75 Å². The zero-order valence-electron chi connectivity index (χ0n) is 13.8. The van der Waals surface area contributed by atoms with E-state index in [-0.39, 0.29) is 18.0 Å². The van der Waals surface area contributed by atoms with Crippen molar-refractivity contribution in [3.63, 3.8) is 0 Å². The Morgan fingerprint density at radius 3 is 2.38 bits per heavy atom. The van der Waals surface area contributed by atoms with Gasteiger partial charge in [-0.3, -0.25) is 14.3 Å². The number of nitrogens with zero attached hydrogens (tertiary/aromatic N) is 3. The van der Waals surface area contributed by atoms with E-state index in [2.05, 4.69) is 5.10 Å². The molecule has 0 unspecified atom stereocenters. The molecule has 0 saturated carbocycles. The molecule has 1 aliphatic heterocycles. The van der Waals surface area contributed by atoms with Crippen molar-refractivity contribution in [1.82, 2.24) is 9.78 Å². The summed E-state index contributed by atoms with van der Waals surface area (Å²) in [6.07, 6.45) is 3.43. The van der Waals surface area contributed by atoms with Crippen LogP contribution < -0.4 is 9.64 Å². The molecule has 2 heterocycles. The van der Waals surface area contributed by atoms with Gasteiger partial charge in [-0.2, -0.15) is 5.10 Å². The summed E-state index contributed by atoms with van der Waals surface area (Å²) in [4.78, 5) is 26.3. The third kappa shape index (κ3) is 2.63. The van der Waals surface area contributed by atoms with Gasteiger partial charge in [0.15, 0.2) is 0 Å². The van der Waals surface area contributed by atoms with Crippen LogP contribution in [-0.2, 0) is 13.7 Å². The van der Waals surface area contributed by atoms with Crippen LogP contribution in [0.1, 0.15) is 26.3 Å². The predicted molar refractivity (Wildman–Crippen MR) is 91.5 cm³/mol. The quantitative estimate of drug-likeness (QED) is 0.678. The van der Waals surface area contributed by atoms with E-state index >= 15 is 0 Å². The highest BCUT2D eigenvalue weighted by Crippen LogP contribution is 2.35. The number of halogens is 1. The molecule has 2 aromatic carbocycles. The number of imide groups is 1. The van der Waals surface area contributed by atoms with E-state index in [0.29, 0.717) is 11.1 Å². The molecule has 4 rings (SSSR count). The van der Waals surface area contributed by atoms with Crippen molar-refractivity contribution >= 4 is 17.5 Å². The lowest BCUT2D eigenvalue weighted by molar-refractivity contribution is 0.0924. The number of benzene rings is 2. The molecule has 0 radical (unpaired) electrons. The van der Waals surface area contributed by atoms with Gasteiger partial charge in [-0.25, -0.2) is 9.29 Å². The van der Waals surface area contributed by atoms with Crippen molar-refractivity contribution in [2.45, 2.75) is 6.61 Å². The number of anilines is 1. The monoisotopic (exact) mass is 351 g/mol. The van der Waals surface area contributed by atoms with Gasteiger partial charge in [0.25, 0.3) is 11.8 Å². The van der Waals surface area contributed by atoms with E-state index in [0.717, 1.165) is 16.5 Å². The first-order valence-corrected chi connectivity index (χ1v) is 7.92. The topological polar surface area (TPSA) is 64.4 Å². The molecule has 0 spiro atoms. The third-order valence-electron chi connectivity index (χ3n) is 4.11. The lowest BCUT2D eigenvalue weighted by Crippen LogP contribution is -2.30. The number of aromatic nitrogens is 2. The smallest absolute Gasteiger partial charge is 0.266 e. The van der Waals surface area contributed by atoms with Gasteiger partial charge in [-0.15, -0.1) is 0 Å². The minimum atomic E-state index is -0.565. The van der Waals surface area contributed by atoms with E-state index in [1.807, 2.05) is 0 Å². The minimum Gasteiger partial charge on any atom is -0.487 e. The lowest BCUT2D eigenvalue weighted by atomic mass is 10.1. The summed E-state index contributed by atoms with van der Waals surface area (Å²) in [5.74, 6) is -1.32. The summed E-state index contributed by atoms with van der Waals surface area (Å²) < 4.78 is 21.2. The molecule has 6 nitrogen and oxygen atoms in total. The van der Waals surface area contributed by atoms with Gasteiger partial charge in [-0.1, -0.05) is 12.1 Å². The lowest BCUT2D eigenvalue weighted by Gasteiger charge is -2.18. The first-order chi connectivity index (χ1) is 12.5. The average Bonchev–Trinajstić information content (AvgIpc) is 3.16. The van der Waals surface area contributed by atoms with Crippen LogP contribution in [0.3, 0.4) is 0 Å².